The summed E-state index contributed by atoms with van der Waals surface area (Å²) in [5.41, 5.74) is 0.357. The van der Waals surface area contributed by atoms with Gasteiger partial charge in [0.2, 0.25) is 0 Å². The van der Waals surface area contributed by atoms with Crippen LogP contribution in [0.5, 0.6) is 0 Å². The van der Waals surface area contributed by atoms with Crippen molar-refractivity contribution >= 4 is 16.9 Å². The first-order valence-corrected chi connectivity index (χ1v) is 5.99. The molecule has 4 nitrogen and oxygen atoms in total. The van der Waals surface area contributed by atoms with E-state index in [0.717, 1.165) is 0 Å². The second-order valence-corrected chi connectivity index (χ2v) is 3.95. The average Bonchev–Trinajstić information content (AvgIpc) is 2.39. The van der Waals surface area contributed by atoms with E-state index in [9.17, 15) is 9.59 Å². The molecule has 1 aromatic carbocycles. The highest BCUT2D eigenvalue weighted by molar-refractivity contribution is 6.05. The van der Waals surface area contributed by atoms with Crippen molar-refractivity contribution in [1.29, 1.82) is 0 Å². The Balaban J connectivity index is 2.63. The molecule has 2 rings (SSSR count). The van der Waals surface area contributed by atoms with Crippen LogP contribution in [0.25, 0.3) is 11.0 Å². The lowest BCUT2D eigenvalue weighted by atomic mass is 10.1. The van der Waals surface area contributed by atoms with Gasteiger partial charge in [0.15, 0.2) is 0 Å². The molecule has 0 bridgehead atoms. The lowest BCUT2D eigenvalue weighted by molar-refractivity contribution is 0.0774. The summed E-state index contributed by atoms with van der Waals surface area (Å²) in [4.78, 5) is 25.5. The molecule has 0 fully saturated rings. The smallest absolute Gasteiger partial charge is 0.337 e. The first-order valence-electron chi connectivity index (χ1n) is 5.99. The zero-order valence-corrected chi connectivity index (χ0v) is 10.5. The molecule has 94 valence electrons. The minimum absolute atomic E-state index is 0.135. The summed E-state index contributed by atoms with van der Waals surface area (Å²) in [6.45, 7) is 5.05. The van der Waals surface area contributed by atoms with Gasteiger partial charge < -0.3 is 9.32 Å². The lowest BCUT2D eigenvalue weighted by Crippen LogP contribution is -2.31. The third-order valence-electron chi connectivity index (χ3n) is 2.93. The Morgan fingerprint density at radius 3 is 2.56 bits per heavy atom. The Hall–Kier alpha value is -2.10. The molecule has 4 heteroatoms. The number of rotatable bonds is 3. The van der Waals surface area contributed by atoms with Crippen molar-refractivity contribution in [3.8, 4) is 0 Å². The molecule has 0 N–H and O–H groups in total. The number of amides is 1. The molecule has 0 saturated heterocycles. The summed E-state index contributed by atoms with van der Waals surface area (Å²) < 4.78 is 5.07. The molecule has 0 aliphatic rings. The third-order valence-corrected chi connectivity index (χ3v) is 2.93. The molecule has 0 radical (unpaired) electrons. The van der Waals surface area contributed by atoms with E-state index < -0.39 is 5.63 Å². The monoisotopic (exact) mass is 245 g/mol. The number of nitrogens with zero attached hydrogens (tertiary/aromatic N) is 1. The number of carbonyl (C=O) groups excluding carboxylic acids is 1. The molecule has 1 heterocycles. The zero-order valence-electron chi connectivity index (χ0n) is 10.5. The third kappa shape index (κ3) is 2.14. The Kier molecular flexibility index (Phi) is 3.46. The van der Waals surface area contributed by atoms with Gasteiger partial charge in [-0.25, -0.2) is 4.79 Å². The molecule has 0 unspecified atom stereocenters. The molecular formula is C14H15NO3. The van der Waals surface area contributed by atoms with Crippen molar-refractivity contribution in [1.82, 2.24) is 4.90 Å². The topological polar surface area (TPSA) is 50.5 Å². The Morgan fingerprint density at radius 2 is 1.89 bits per heavy atom. The molecule has 1 amide bonds. The SMILES string of the molecule is CCN(CC)C(=O)c1cc(=O)oc2ccccc12. The van der Waals surface area contributed by atoms with Crippen LogP contribution in [0.15, 0.2) is 39.5 Å². The maximum atomic E-state index is 12.3. The first-order chi connectivity index (χ1) is 8.67. The van der Waals surface area contributed by atoms with Crippen LogP contribution in [0, 0.1) is 0 Å². The fraction of sp³-hybridized carbons (Fsp3) is 0.286. The predicted molar refractivity (Wildman–Crippen MR) is 69.7 cm³/mol. The Morgan fingerprint density at radius 1 is 1.22 bits per heavy atom. The number of carbonyl (C=O) groups is 1. The average molecular weight is 245 g/mol. The fourth-order valence-electron chi connectivity index (χ4n) is 1.97. The van der Waals surface area contributed by atoms with E-state index in [1.165, 1.54) is 6.07 Å². The summed E-state index contributed by atoms with van der Waals surface area (Å²) in [6, 6.07) is 8.34. The lowest BCUT2D eigenvalue weighted by Gasteiger charge is -2.19. The Bertz CT molecular complexity index is 626. The number of benzene rings is 1. The molecule has 0 atom stereocenters. The standard InChI is InChI=1S/C14H15NO3/c1-3-15(4-2)14(17)11-9-13(16)18-12-8-6-5-7-10(11)12/h5-9H,3-4H2,1-2H3. The van der Waals surface area contributed by atoms with Gasteiger partial charge in [0.25, 0.3) is 5.91 Å². The van der Waals surface area contributed by atoms with Crippen molar-refractivity contribution in [2.45, 2.75) is 13.8 Å². The van der Waals surface area contributed by atoms with Crippen LogP contribution < -0.4 is 5.63 Å². The number of hydrogen-bond acceptors (Lipinski definition) is 3. The zero-order chi connectivity index (χ0) is 13.1. The minimum Gasteiger partial charge on any atom is -0.423 e. The summed E-state index contributed by atoms with van der Waals surface area (Å²) in [6.07, 6.45) is 0. The van der Waals surface area contributed by atoms with E-state index in [-0.39, 0.29) is 5.91 Å². The molecule has 2 aromatic rings. The van der Waals surface area contributed by atoms with Crippen LogP contribution >= 0.6 is 0 Å². The van der Waals surface area contributed by atoms with Crippen molar-refractivity contribution < 1.29 is 9.21 Å². The van der Waals surface area contributed by atoms with Gasteiger partial charge in [-0.3, -0.25) is 4.79 Å². The van der Waals surface area contributed by atoms with Gasteiger partial charge in [0, 0.05) is 24.5 Å². The molecular weight excluding hydrogens is 230 g/mol. The minimum atomic E-state index is -0.496. The van der Waals surface area contributed by atoms with Crippen LogP contribution in [0.2, 0.25) is 0 Å². The number of hydrogen-bond donors (Lipinski definition) is 0. The molecule has 0 aliphatic heterocycles. The maximum Gasteiger partial charge on any atom is 0.337 e. The maximum absolute atomic E-state index is 12.3. The summed E-state index contributed by atoms with van der Waals surface area (Å²) in [5.74, 6) is -0.135. The van der Waals surface area contributed by atoms with Crippen molar-refractivity contribution in [2.75, 3.05) is 13.1 Å². The van der Waals surface area contributed by atoms with Crippen molar-refractivity contribution in [3.63, 3.8) is 0 Å². The van der Waals surface area contributed by atoms with Gasteiger partial charge in [-0.05, 0) is 19.9 Å². The van der Waals surface area contributed by atoms with Gasteiger partial charge in [-0.1, -0.05) is 18.2 Å². The van der Waals surface area contributed by atoms with Crippen LogP contribution in [0.1, 0.15) is 24.2 Å². The van der Waals surface area contributed by atoms with E-state index in [1.54, 1.807) is 23.1 Å². The van der Waals surface area contributed by atoms with Crippen molar-refractivity contribution in [3.05, 3.63) is 46.3 Å². The second kappa shape index (κ2) is 5.04. The second-order valence-electron chi connectivity index (χ2n) is 3.95. The largest absolute Gasteiger partial charge is 0.423 e. The quantitative estimate of drug-likeness (QED) is 0.779. The van der Waals surface area contributed by atoms with Gasteiger partial charge in [0.1, 0.15) is 5.58 Å². The molecule has 0 saturated carbocycles. The first kappa shape index (κ1) is 12.4. The van der Waals surface area contributed by atoms with Gasteiger partial charge >= 0.3 is 5.63 Å². The van der Waals surface area contributed by atoms with Crippen LogP contribution in [-0.4, -0.2) is 23.9 Å². The normalized spacial score (nSPS) is 10.6. The predicted octanol–water partition coefficient (Wildman–Crippen LogP) is 2.28. The number of para-hydroxylation sites is 1. The van der Waals surface area contributed by atoms with Crippen LogP contribution in [0.4, 0.5) is 0 Å². The molecule has 1 aromatic heterocycles. The van der Waals surface area contributed by atoms with Gasteiger partial charge in [-0.15, -0.1) is 0 Å². The molecule has 0 spiro atoms. The van der Waals surface area contributed by atoms with E-state index in [0.29, 0.717) is 29.6 Å². The van der Waals surface area contributed by atoms with E-state index >= 15 is 0 Å². The molecule has 0 aliphatic carbocycles. The Labute approximate surface area is 105 Å². The van der Waals surface area contributed by atoms with E-state index in [1.807, 2.05) is 19.9 Å². The molecule has 18 heavy (non-hydrogen) atoms. The van der Waals surface area contributed by atoms with Gasteiger partial charge in [-0.2, -0.15) is 0 Å². The van der Waals surface area contributed by atoms with Gasteiger partial charge in [0.05, 0.1) is 5.56 Å². The highest BCUT2D eigenvalue weighted by Gasteiger charge is 2.17. The summed E-state index contributed by atoms with van der Waals surface area (Å²) >= 11 is 0. The fourth-order valence-corrected chi connectivity index (χ4v) is 1.97. The highest BCUT2D eigenvalue weighted by Crippen LogP contribution is 2.18. The van der Waals surface area contributed by atoms with Crippen LogP contribution in [-0.2, 0) is 0 Å². The highest BCUT2D eigenvalue weighted by atomic mass is 16.4. The summed E-state index contributed by atoms with van der Waals surface area (Å²) in [5, 5.41) is 0.675. The van der Waals surface area contributed by atoms with Crippen molar-refractivity contribution in [2.24, 2.45) is 0 Å². The van der Waals surface area contributed by atoms with E-state index in [2.05, 4.69) is 0 Å². The van der Waals surface area contributed by atoms with E-state index in [4.69, 9.17) is 4.42 Å². The van der Waals surface area contributed by atoms with Crippen LogP contribution in [0.3, 0.4) is 0 Å². The number of fused-ring (bicyclic) bond motifs is 1. The summed E-state index contributed by atoms with van der Waals surface area (Å²) in [7, 11) is 0.